The van der Waals surface area contributed by atoms with Crippen LogP contribution in [0.4, 0.5) is 13.9 Å². The lowest BCUT2D eigenvalue weighted by atomic mass is 10.0. The Hall–Kier alpha value is -2.34. The van der Waals surface area contributed by atoms with Crippen LogP contribution < -0.4 is 5.32 Å². The van der Waals surface area contributed by atoms with Gasteiger partial charge in [0.1, 0.15) is 11.3 Å². The van der Waals surface area contributed by atoms with Crippen LogP contribution >= 0.6 is 11.3 Å². The number of nitrogens with one attached hydrogen (secondary N) is 1. The van der Waals surface area contributed by atoms with E-state index >= 15 is 0 Å². The Morgan fingerprint density at radius 3 is 2.58 bits per heavy atom. The minimum atomic E-state index is -0.731. The molecule has 3 aromatic rings. The summed E-state index contributed by atoms with van der Waals surface area (Å²) in [4.78, 5) is 16.1. The van der Waals surface area contributed by atoms with Crippen molar-refractivity contribution in [3.63, 3.8) is 0 Å². The lowest BCUT2D eigenvalue weighted by Crippen LogP contribution is -2.14. The SMILES string of the molecule is CC(C)c1ccc(CC(=O)Nc2nc3c(F)cc(F)cc3s2)cc1. The summed E-state index contributed by atoms with van der Waals surface area (Å²) in [6.45, 7) is 4.22. The van der Waals surface area contributed by atoms with Gasteiger partial charge in [0.15, 0.2) is 10.9 Å². The number of halogens is 2. The lowest BCUT2D eigenvalue weighted by Gasteiger charge is -2.06. The van der Waals surface area contributed by atoms with Crippen molar-refractivity contribution < 1.29 is 13.6 Å². The Morgan fingerprint density at radius 1 is 1.21 bits per heavy atom. The van der Waals surface area contributed by atoms with Gasteiger partial charge < -0.3 is 5.32 Å². The standard InChI is InChI=1S/C18H16F2N2OS/c1-10(2)12-5-3-11(4-6-12)7-16(23)21-18-22-17-14(20)8-13(19)9-15(17)24-18/h3-6,8-10H,7H2,1-2H3,(H,21,22,23). The minimum absolute atomic E-state index is 0.0676. The predicted octanol–water partition coefficient (Wildman–Crippen LogP) is 4.88. The average Bonchev–Trinajstić information content (AvgIpc) is 2.90. The molecule has 0 saturated heterocycles. The molecular weight excluding hydrogens is 330 g/mol. The molecule has 1 aromatic heterocycles. The molecule has 0 radical (unpaired) electrons. The highest BCUT2D eigenvalue weighted by Crippen LogP contribution is 2.28. The second kappa shape index (κ2) is 6.65. The molecule has 0 aliphatic heterocycles. The molecule has 1 amide bonds. The van der Waals surface area contributed by atoms with E-state index in [0.29, 0.717) is 10.6 Å². The van der Waals surface area contributed by atoms with Crippen molar-refractivity contribution in [3.05, 3.63) is 59.2 Å². The van der Waals surface area contributed by atoms with Crippen molar-refractivity contribution in [1.29, 1.82) is 0 Å². The topological polar surface area (TPSA) is 42.0 Å². The lowest BCUT2D eigenvalue weighted by molar-refractivity contribution is -0.115. The summed E-state index contributed by atoms with van der Waals surface area (Å²) >= 11 is 1.05. The Kier molecular flexibility index (Phi) is 4.57. The molecule has 24 heavy (non-hydrogen) atoms. The van der Waals surface area contributed by atoms with Gasteiger partial charge in [-0.15, -0.1) is 0 Å². The largest absolute Gasteiger partial charge is 0.302 e. The molecule has 0 fully saturated rings. The molecule has 0 unspecified atom stereocenters. The molecule has 0 spiro atoms. The monoisotopic (exact) mass is 346 g/mol. The third-order valence-electron chi connectivity index (χ3n) is 3.67. The molecule has 124 valence electrons. The number of nitrogens with zero attached hydrogens (tertiary/aromatic N) is 1. The van der Waals surface area contributed by atoms with Crippen molar-refractivity contribution in [2.45, 2.75) is 26.2 Å². The molecule has 0 aliphatic carbocycles. The smallest absolute Gasteiger partial charge is 0.230 e. The average molecular weight is 346 g/mol. The molecule has 0 bridgehead atoms. The summed E-state index contributed by atoms with van der Waals surface area (Å²) in [5.41, 5.74) is 2.16. The third kappa shape index (κ3) is 3.59. The molecule has 1 heterocycles. The number of rotatable bonds is 4. The van der Waals surface area contributed by atoms with E-state index < -0.39 is 11.6 Å². The number of carbonyl (C=O) groups is 1. The highest BCUT2D eigenvalue weighted by atomic mass is 32.1. The van der Waals surface area contributed by atoms with E-state index in [0.717, 1.165) is 23.0 Å². The molecule has 0 aliphatic rings. The first-order chi connectivity index (χ1) is 11.4. The maximum atomic E-state index is 13.6. The number of aromatic nitrogens is 1. The molecule has 0 saturated carbocycles. The Morgan fingerprint density at radius 2 is 1.92 bits per heavy atom. The zero-order chi connectivity index (χ0) is 17.3. The Bertz CT molecular complexity index is 888. The number of anilines is 1. The Labute approximate surface area is 142 Å². The van der Waals surface area contributed by atoms with E-state index in [1.54, 1.807) is 0 Å². The third-order valence-corrected chi connectivity index (χ3v) is 4.59. The normalized spacial score (nSPS) is 11.2. The van der Waals surface area contributed by atoms with Gasteiger partial charge in [-0.1, -0.05) is 49.4 Å². The van der Waals surface area contributed by atoms with Crippen LogP contribution in [-0.2, 0) is 11.2 Å². The summed E-state index contributed by atoms with van der Waals surface area (Å²) in [5, 5.41) is 2.91. The van der Waals surface area contributed by atoms with Crippen molar-refractivity contribution in [2.24, 2.45) is 0 Å². The van der Waals surface area contributed by atoms with Gasteiger partial charge in [0, 0.05) is 6.07 Å². The number of amides is 1. The summed E-state index contributed by atoms with van der Waals surface area (Å²) in [6.07, 6.45) is 0.200. The van der Waals surface area contributed by atoms with Gasteiger partial charge in [0.25, 0.3) is 0 Å². The van der Waals surface area contributed by atoms with Gasteiger partial charge in [0.05, 0.1) is 11.1 Å². The zero-order valence-corrected chi connectivity index (χ0v) is 14.1. The number of thiazole rings is 1. The molecule has 3 rings (SSSR count). The van der Waals surface area contributed by atoms with Crippen molar-refractivity contribution >= 4 is 32.6 Å². The number of benzene rings is 2. The van der Waals surface area contributed by atoms with Crippen molar-refractivity contribution in [1.82, 2.24) is 4.98 Å². The quantitative estimate of drug-likeness (QED) is 0.731. The molecule has 2 aromatic carbocycles. The first-order valence-electron chi connectivity index (χ1n) is 7.56. The first kappa shape index (κ1) is 16.5. The number of hydrogen-bond acceptors (Lipinski definition) is 3. The van der Waals surface area contributed by atoms with E-state index in [4.69, 9.17) is 0 Å². The van der Waals surface area contributed by atoms with Crippen LogP contribution in [0.15, 0.2) is 36.4 Å². The fourth-order valence-corrected chi connectivity index (χ4v) is 3.30. The molecule has 6 heteroatoms. The molecule has 3 nitrogen and oxygen atoms in total. The van der Waals surface area contributed by atoms with E-state index in [9.17, 15) is 13.6 Å². The van der Waals surface area contributed by atoms with Crippen LogP contribution in [-0.4, -0.2) is 10.9 Å². The predicted molar refractivity (Wildman–Crippen MR) is 92.4 cm³/mol. The maximum Gasteiger partial charge on any atom is 0.230 e. The van der Waals surface area contributed by atoms with Crippen LogP contribution in [0, 0.1) is 11.6 Å². The van der Waals surface area contributed by atoms with Gasteiger partial charge in [-0.05, 0) is 23.1 Å². The fourth-order valence-electron chi connectivity index (χ4n) is 2.38. The van der Waals surface area contributed by atoms with Crippen LogP contribution in [0.3, 0.4) is 0 Å². The minimum Gasteiger partial charge on any atom is -0.302 e. The van der Waals surface area contributed by atoms with E-state index in [1.807, 2.05) is 24.3 Å². The zero-order valence-electron chi connectivity index (χ0n) is 13.3. The van der Waals surface area contributed by atoms with Gasteiger partial charge in [0.2, 0.25) is 5.91 Å². The molecule has 1 N–H and O–H groups in total. The highest BCUT2D eigenvalue weighted by molar-refractivity contribution is 7.22. The van der Waals surface area contributed by atoms with Crippen molar-refractivity contribution in [2.75, 3.05) is 5.32 Å². The number of fused-ring (bicyclic) bond motifs is 1. The Balaban J connectivity index is 1.71. The van der Waals surface area contributed by atoms with Gasteiger partial charge in [-0.25, -0.2) is 13.8 Å². The van der Waals surface area contributed by atoms with Gasteiger partial charge in [-0.3, -0.25) is 4.79 Å². The summed E-state index contributed by atoms with van der Waals surface area (Å²) < 4.78 is 27.2. The molecular formula is C18H16F2N2OS. The van der Waals surface area contributed by atoms with Crippen LogP contribution in [0.5, 0.6) is 0 Å². The summed E-state index contributed by atoms with van der Waals surface area (Å²) in [5.74, 6) is -1.20. The fraction of sp³-hybridized carbons (Fsp3) is 0.222. The van der Waals surface area contributed by atoms with Crippen LogP contribution in [0.2, 0.25) is 0 Å². The van der Waals surface area contributed by atoms with E-state index in [2.05, 4.69) is 24.1 Å². The van der Waals surface area contributed by atoms with Crippen molar-refractivity contribution in [3.8, 4) is 0 Å². The number of hydrogen-bond donors (Lipinski definition) is 1. The first-order valence-corrected chi connectivity index (χ1v) is 8.38. The van der Waals surface area contributed by atoms with Gasteiger partial charge >= 0.3 is 0 Å². The number of carbonyl (C=O) groups excluding carboxylic acids is 1. The van der Waals surface area contributed by atoms with E-state index in [1.165, 1.54) is 11.6 Å². The summed E-state index contributed by atoms with van der Waals surface area (Å²) in [7, 11) is 0. The summed E-state index contributed by atoms with van der Waals surface area (Å²) in [6, 6.07) is 9.83. The highest BCUT2D eigenvalue weighted by Gasteiger charge is 2.13. The second-order valence-corrected chi connectivity index (χ2v) is 6.91. The van der Waals surface area contributed by atoms with E-state index in [-0.39, 0.29) is 23.0 Å². The molecule has 0 atom stereocenters. The van der Waals surface area contributed by atoms with Gasteiger partial charge in [-0.2, -0.15) is 0 Å². The second-order valence-electron chi connectivity index (χ2n) is 5.87. The maximum absolute atomic E-state index is 13.6. The van der Waals surface area contributed by atoms with Crippen LogP contribution in [0.1, 0.15) is 30.9 Å². The van der Waals surface area contributed by atoms with Crippen LogP contribution in [0.25, 0.3) is 10.2 Å².